The summed E-state index contributed by atoms with van der Waals surface area (Å²) in [4.78, 5) is 13.3. The average Bonchev–Trinajstić information content (AvgIpc) is 3.09. The van der Waals surface area contributed by atoms with Crippen molar-refractivity contribution in [1.82, 2.24) is 9.62 Å². The Morgan fingerprint density at radius 2 is 1.92 bits per heavy atom. The molecule has 1 amide bonds. The molecule has 9 heteroatoms. The highest BCUT2D eigenvalue weighted by atomic mass is 35.5. The van der Waals surface area contributed by atoms with Crippen LogP contribution in [0.1, 0.15) is 32.1 Å². The Morgan fingerprint density at radius 3 is 2.54 bits per heavy atom. The highest BCUT2D eigenvalue weighted by Gasteiger charge is 2.32. The lowest BCUT2D eigenvalue weighted by atomic mass is 9.89. The molecular formula is C17H27ClN3O3S2+. The minimum Gasteiger partial charge on any atom is -0.351 e. The molecule has 1 aliphatic carbocycles. The van der Waals surface area contributed by atoms with E-state index in [9.17, 15) is 13.2 Å². The number of piperazine rings is 1. The van der Waals surface area contributed by atoms with Crippen LogP contribution in [-0.4, -0.2) is 57.9 Å². The number of nitrogens with one attached hydrogen (secondary N) is 2. The van der Waals surface area contributed by atoms with Crippen LogP contribution in [0.25, 0.3) is 0 Å². The predicted octanol–water partition coefficient (Wildman–Crippen LogP) is 0.987. The summed E-state index contributed by atoms with van der Waals surface area (Å²) in [5, 5.41) is 3.07. The third-order valence-electron chi connectivity index (χ3n) is 5.30. The maximum Gasteiger partial charge on any atom is 0.275 e. The molecule has 1 saturated carbocycles. The molecule has 6 nitrogen and oxygen atoms in total. The van der Waals surface area contributed by atoms with Gasteiger partial charge >= 0.3 is 0 Å². The Bertz CT molecular complexity index is 709. The third-order valence-corrected chi connectivity index (χ3v) is 8.89. The monoisotopic (exact) mass is 420 g/mol. The van der Waals surface area contributed by atoms with Crippen LogP contribution in [0.4, 0.5) is 0 Å². The molecule has 0 radical (unpaired) electrons. The molecule has 26 heavy (non-hydrogen) atoms. The van der Waals surface area contributed by atoms with Crippen LogP contribution in [-0.2, 0) is 14.8 Å². The van der Waals surface area contributed by atoms with E-state index in [-0.39, 0.29) is 10.1 Å². The number of quaternary nitrogens is 1. The second-order valence-electron chi connectivity index (χ2n) is 7.20. The molecule has 1 aromatic rings. The van der Waals surface area contributed by atoms with E-state index in [0.29, 0.717) is 43.0 Å². The third kappa shape index (κ3) is 5.19. The minimum atomic E-state index is -3.46. The van der Waals surface area contributed by atoms with E-state index in [1.54, 1.807) is 12.1 Å². The van der Waals surface area contributed by atoms with Crippen molar-refractivity contribution < 1.29 is 18.1 Å². The predicted molar refractivity (Wildman–Crippen MR) is 103 cm³/mol. The fourth-order valence-electron chi connectivity index (χ4n) is 3.72. The van der Waals surface area contributed by atoms with E-state index in [1.807, 2.05) is 0 Å². The summed E-state index contributed by atoms with van der Waals surface area (Å²) >= 11 is 6.94. The number of halogens is 1. The fraction of sp³-hybridized carbons (Fsp3) is 0.706. The van der Waals surface area contributed by atoms with Gasteiger partial charge in [-0.3, -0.25) is 4.79 Å². The second-order valence-corrected chi connectivity index (χ2v) is 11.1. The van der Waals surface area contributed by atoms with Crippen LogP contribution in [0.3, 0.4) is 0 Å². The highest BCUT2D eigenvalue weighted by molar-refractivity contribution is 7.91. The first kappa shape index (κ1) is 20.1. The zero-order valence-electron chi connectivity index (χ0n) is 14.9. The fourth-order valence-corrected chi connectivity index (χ4v) is 6.80. The first-order valence-corrected chi connectivity index (χ1v) is 11.9. The molecule has 1 aromatic heterocycles. The maximum atomic E-state index is 12.6. The number of hydrogen-bond acceptors (Lipinski definition) is 4. The van der Waals surface area contributed by atoms with Gasteiger partial charge in [-0.25, -0.2) is 8.42 Å². The molecule has 0 atom stereocenters. The van der Waals surface area contributed by atoms with Crippen LogP contribution in [0.5, 0.6) is 0 Å². The number of hydrogen-bond donors (Lipinski definition) is 2. The van der Waals surface area contributed by atoms with Gasteiger partial charge in [0.1, 0.15) is 4.21 Å². The van der Waals surface area contributed by atoms with Crippen LogP contribution in [0.2, 0.25) is 4.34 Å². The van der Waals surface area contributed by atoms with Gasteiger partial charge in [-0.05, 0) is 30.9 Å². The van der Waals surface area contributed by atoms with Crippen molar-refractivity contribution in [3.63, 3.8) is 0 Å². The molecule has 2 N–H and O–H groups in total. The smallest absolute Gasteiger partial charge is 0.275 e. The van der Waals surface area contributed by atoms with Crippen molar-refractivity contribution in [1.29, 1.82) is 0 Å². The Balaban J connectivity index is 1.42. The van der Waals surface area contributed by atoms with Gasteiger partial charge in [-0.1, -0.05) is 30.9 Å². The molecule has 2 aliphatic rings. The molecule has 1 aliphatic heterocycles. The molecule has 0 unspecified atom stereocenters. The summed E-state index contributed by atoms with van der Waals surface area (Å²) in [7, 11) is -3.46. The number of thiophene rings is 1. The Labute approximate surface area is 164 Å². The summed E-state index contributed by atoms with van der Waals surface area (Å²) in [6.45, 7) is 3.37. The van der Waals surface area contributed by atoms with E-state index in [4.69, 9.17) is 11.6 Å². The zero-order valence-corrected chi connectivity index (χ0v) is 17.3. The standard InChI is InChI=1S/C17H26ClN3O3S2/c18-15-6-7-17(25-15)26(23,24)21-10-8-20(9-11-21)13-16(22)19-12-14-4-2-1-3-5-14/h6-7,14H,1-5,8-13H2,(H,19,22)/p+1. The van der Waals surface area contributed by atoms with Gasteiger partial charge in [0, 0.05) is 6.54 Å². The van der Waals surface area contributed by atoms with Crippen LogP contribution >= 0.6 is 22.9 Å². The molecular weight excluding hydrogens is 394 g/mol. The summed E-state index contributed by atoms with van der Waals surface area (Å²) in [5.74, 6) is 0.703. The van der Waals surface area contributed by atoms with Gasteiger partial charge in [0.25, 0.3) is 15.9 Å². The Morgan fingerprint density at radius 1 is 1.23 bits per heavy atom. The summed E-state index contributed by atoms with van der Waals surface area (Å²) < 4.78 is 27.5. The van der Waals surface area contributed by atoms with Crippen molar-refractivity contribution in [3.05, 3.63) is 16.5 Å². The summed E-state index contributed by atoms with van der Waals surface area (Å²) in [6, 6.07) is 3.16. The number of carbonyl (C=O) groups is 1. The lowest BCUT2D eigenvalue weighted by Crippen LogP contribution is -3.15. The molecule has 3 rings (SSSR count). The second kappa shape index (κ2) is 9.01. The highest BCUT2D eigenvalue weighted by Crippen LogP contribution is 2.28. The van der Waals surface area contributed by atoms with Crippen LogP contribution in [0, 0.1) is 5.92 Å². The van der Waals surface area contributed by atoms with E-state index in [2.05, 4.69) is 5.32 Å². The minimum absolute atomic E-state index is 0.0759. The van der Waals surface area contributed by atoms with Crippen LogP contribution < -0.4 is 10.2 Å². The summed E-state index contributed by atoms with van der Waals surface area (Å²) in [5.41, 5.74) is 0. The van der Waals surface area contributed by atoms with Crippen molar-refractivity contribution >= 4 is 38.9 Å². The van der Waals surface area contributed by atoms with Gasteiger partial charge in [-0.2, -0.15) is 4.31 Å². The average molecular weight is 421 g/mol. The lowest BCUT2D eigenvalue weighted by Gasteiger charge is -2.31. The normalized spacial score (nSPS) is 21.0. The molecule has 1 saturated heterocycles. The van der Waals surface area contributed by atoms with Gasteiger partial charge in [0.05, 0.1) is 30.5 Å². The summed E-state index contributed by atoms with van der Waals surface area (Å²) in [6.07, 6.45) is 6.31. The molecule has 146 valence electrons. The molecule has 0 bridgehead atoms. The number of rotatable bonds is 6. The Hall–Kier alpha value is -0.670. The SMILES string of the molecule is O=C(C[NH+]1CCN(S(=O)(=O)c2ccc(Cl)s2)CC1)NCC1CCCCC1. The molecule has 0 spiro atoms. The van der Waals surface area contributed by atoms with Crippen molar-refractivity contribution in [2.24, 2.45) is 5.92 Å². The largest absolute Gasteiger partial charge is 0.351 e. The maximum absolute atomic E-state index is 12.6. The molecule has 2 heterocycles. The first-order valence-electron chi connectivity index (χ1n) is 9.31. The number of nitrogens with zero attached hydrogens (tertiary/aromatic N) is 1. The van der Waals surface area contributed by atoms with E-state index < -0.39 is 10.0 Å². The van der Waals surface area contributed by atoms with Gasteiger partial charge in [0.2, 0.25) is 0 Å². The zero-order chi connectivity index (χ0) is 18.6. The van der Waals surface area contributed by atoms with Gasteiger partial charge in [-0.15, -0.1) is 11.3 Å². The van der Waals surface area contributed by atoms with Gasteiger partial charge < -0.3 is 10.2 Å². The van der Waals surface area contributed by atoms with Gasteiger partial charge in [0.15, 0.2) is 6.54 Å². The first-order chi connectivity index (χ1) is 12.4. The van der Waals surface area contributed by atoms with E-state index in [0.717, 1.165) is 22.8 Å². The van der Waals surface area contributed by atoms with Crippen LogP contribution in [0.15, 0.2) is 16.3 Å². The van der Waals surface area contributed by atoms with E-state index >= 15 is 0 Å². The number of sulfonamides is 1. The molecule has 0 aromatic carbocycles. The Kier molecular flexibility index (Phi) is 6.96. The quantitative estimate of drug-likeness (QED) is 0.720. The lowest BCUT2D eigenvalue weighted by molar-refractivity contribution is -0.895. The number of carbonyl (C=O) groups excluding carboxylic acids is 1. The van der Waals surface area contributed by atoms with Crippen molar-refractivity contribution in [3.8, 4) is 0 Å². The topological polar surface area (TPSA) is 70.9 Å². The number of amides is 1. The van der Waals surface area contributed by atoms with Crippen molar-refractivity contribution in [2.75, 3.05) is 39.3 Å². The van der Waals surface area contributed by atoms with E-state index in [1.165, 1.54) is 36.4 Å². The van der Waals surface area contributed by atoms with Crippen molar-refractivity contribution in [2.45, 2.75) is 36.3 Å². The molecule has 2 fully saturated rings.